The van der Waals surface area contributed by atoms with E-state index in [9.17, 15) is 18.0 Å². The van der Waals surface area contributed by atoms with E-state index in [-0.39, 0.29) is 23.9 Å². The summed E-state index contributed by atoms with van der Waals surface area (Å²) in [6, 6.07) is 9.95. The van der Waals surface area contributed by atoms with Crippen molar-refractivity contribution in [3.05, 3.63) is 71.8 Å². The van der Waals surface area contributed by atoms with E-state index in [0.717, 1.165) is 12.1 Å². The lowest BCUT2D eigenvalue weighted by molar-refractivity contribution is 0.0527. The monoisotopic (exact) mass is 388 g/mol. The van der Waals surface area contributed by atoms with Crippen LogP contribution in [0.5, 0.6) is 0 Å². The standard InChI is InChI=1S/C19H15F3N4O2/c1-2-28-19(27)11-5-3-4-6-13(11)25-15-9-16(24-10-23-15)26-14-8-7-12(20)17(21)18(14)22/h3-10H,2H2,1H3,(H2,23,24,25,26). The second-order valence-corrected chi connectivity index (χ2v) is 5.53. The number of halogens is 3. The molecule has 0 saturated heterocycles. The maximum absolute atomic E-state index is 13.8. The Morgan fingerprint density at radius 3 is 2.36 bits per heavy atom. The van der Waals surface area contributed by atoms with Crippen LogP contribution < -0.4 is 10.6 Å². The summed E-state index contributed by atoms with van der Waals surface area (Å²) in [5.74, 6) is -4.31. The van der Waals surface area contributed by atoms with Gasteiger partial charge in [-0.1, -0.05) is 12.1 Å². The number of anilines is 4. The number of carbonyl (C=O) groups excluding carboxylic acids is 1. The maximum atomic E-state index is 13.8. The fourth-order valence-electron chi connectivity index (χ4n) is 2.37. The molecule has 0 atom stereocenters. The van der Waals surface area contributed by atoms with Gasteiger partial charge >= 0.3 is 5.97 Å². The summed E-state index contributed by atoms with van der Waals surface area (Å²) < 4.78 is 45.2. The highest BCUT2D eigenvalue weighted by Crippen LogP contribution is 2.25. The Kier molecular flexibility index (Phi) is 5.73. The topological polar surface area (TPSA) is 76.1 Å². The van der Waals surface area contributed by atoms with Crippen LogP contribution in [0.1, 0.15) is 17.3 Å². The van der Waals surface area contributed by atoms with E-state index >= 15 is 0 Å². The molecule has 1 aromatic heterocycles. The summed E-state index contributed by atoms with van der Waals surface area (Å²) in [5.41, 5.74) is 0.476. The van der Waals surface area contributed by atoms with Crippen molar-refractivity contribution in [2.75, 3.05) is 17.2 Å². The van der Waals surface area contributed by atoms with Crippen molar-refractivity contribution in [2.45, 2.75) is 6.92 Å². The van der Waals surface area contributed by atoms with Crippen molar-refractivity contribution in [3.63, 3.8) is 0 Å². The lowest BCUT2D eigenvalue weighted by Crippen LogP contribution is -2.08. The molecule has 1 heterocycles. The molecule has 0 aliphatic carbocycles. The summed E-state index contributed by atoms with van der Waals surface area (Å²) >= 11 is 0. The van der Waals surface area contributed by atoms with Gasteiger partial charge in [-0.05, 0) is 31.2 Å². The molecule has 28 heavy (non-hydrogen) atoms. The normalized spacial score (nSPS) is 10.4. The largest absolute Gasteiger partial charge is 0.462 e. The van der Waals surface area contributed by atoms with Crippen LogP contribution in [0.4, 0.5) is 36.2 Å². The third kappa shape index (κ3) is 4.20. The molecule has 3 aromatic rings. The Morgan fingerprint density at radius 1 is 0.964 bits per heavy atom. The number of nitrogens with zero attached hydrogens (tertiary/aromatic N) is 2. The Hall–Kier alpha value is -3.62. The molecule has 0 bridgehead atoms. The van der Waals surface area contributed by atoms with Gasteiger partial charge in [0.15, 0.2) is 17.5 Å². The Morgan fingerprint density at radius 2 is 1.64 bits per heavy atom. The Labute approximate surface area is 158 Å². The molecule has 3 rings (SSSR count). The van der Waals surface area contributed by atoms with Crippen molar-refractivity contribution in [3.8, 4) is 0 Å². The number of carbonyl (C=O) groups is 1. The lowest BCUT2D eigenvalue weighted by atomic mass is 10.2. The maximum Gasteiger partial charge on any atom is 0.340 e. The van der Waals surface area contributed by atoms with Crippen molar-refractivity contribution in [1.29, 1.82) is 0 Å². The van der Waals surface area contributed by atoms with Gasteiger partial charge in [-0.15, -0.1) is 0 Å². The van der Waals surface area contributed by atoms with Crippen molar-refractivity contribution in [1.82, 2.24) is 9.97 Å². The van der Waals surface area contributed by atoms with Gasteiger partial charge in [-0.2, -0.15) is 0 Å². The smallest absolute Gasteiger partial charge is 0.340 e. The van der Waals surface area contributed by atoms with Crippen LogP contribution in [-0.2, 0) is 4.74 Å². The van der Waals surface area contributed by atoms with E-state index in [1.165, 1.54) is 12.4 Å². The van der Waals surface area contributed by atoms with Crippen LogP contribution in [-0.4, -0.2) is 22.5 Å². The molecule has 2 aromatic carbocycles. The summed E-state index contributed by atoms with van der Waals surface area (Å²) in [6.45, 7) is 1.93. The van der Waals surface area contributed by atoms with Gasteiger partial charge in [-0.25, -0.2) is 27.9 Å². The zero-order valence-electron chi connectivity index (χ0n) is 14.7. The van der Waals surface area contributed by atoms with E-state index < -0.39 is 23.4 Å². The molecule has 0 saturated carbocycles. The molecule has 9 heteroatoms. The van der Waals surface area contributed by atoms with Gasteiger partial charge in [0.2, 0.25) is 0 Å². The molecule has 2 N–H and O–H groups in total. The average molecular weight is 388 g/mol. The van der Waals surface area contributed by atoms with Crippen LogP contribution in [0.25, 0.3) is 0 Å². The summed E-state index contributed by atoms with van der Waals surface area (Å²) in [5, 5.41) is 5.51. The molecular formula is C19H15F3N4O2. The molecule has 0 aliphatic heterocycles. The van der Waals surface area contributed by atoms with E-state index in [2.05, 4.69) is 20.6 Å². The predicted molar refractivity (Wildman–Crippen MR) is 97.3 cm³/mol. The molecule has 0 unspecified atom stereocenters. The van der Waals surface area contributed by atoms with E-state index in [1.54, 1.807) is 31.2 Å². The number of nitrogens with one attached hydrogen (secondary N) is 2. The quantitative estimate of drug-likeness (QED) is 0.476. The number of benzene rings is 2. The minimum atomic E-state index is -1.58. The molecule has 144 valence electrons. The highest BCUT2D eigenvalue weighted by molar-refractivity contribution is 5.96. The van der Waals surface area contributed by atoms with Crippen molar-refractivity contribution >= 4 is 29.0 Å². The molecule has 0 aliphatic rings. The number of ether oxygens (including phenoxy) is 1. The second-order valence-electron chi connectivity index (χ2n) is 5.53. The number of rotatable bonds is 6. The third-order valence-electron chi connectivity index (χ3n) is 3.65. The van der Waals surface area contributed by atoms with Crippen LogP contribution in [0.2, 0.25) is 0 Å². The Balaban J connectivity index is 1.84. The molecule has 0 spiro atoms. The summed E-state index contributed by atoms with van der Waals surface area (Å²) in [7, 11) is 0. The van der Waals surface area contributed by atoms with Crippen LogP contribution in [0.15, 0.2) is 48.8 Å². The summed E-state index contributed by atoms with van der Waals surface area (Å²) in [4.78, 5) is 20.0. The first-order chi connectivity index (χ1) is 13.5. The predicted octanol–water partition coefficient (Wildman–Crippen LogP) is 4.56. The van der Waals surface area contributed by atoms with Gasteiger partial charge in [0.25, 0.3) is 0 Å². The van der Waals surface area contributed by atoms with Crippen molar-refractivity contribution in [2.24, 2.45) is 0 Å². The van der Waals surface area contributed by atoms with E-state index in [4.69, 9.17) is 4.74 Å². The van der Waals surface area contributed by atoms with Gasteiger partial charge in [0.05, 0.1) is 23.5 Å². The van der Waals surface area contributed by atoms with E-state index in [1.807, 2.05) is 0 Å². The lowest BCUT2D eigenvalue weighted by Gasteiger charge is -2.12. The zero-order chi connectivity index (χ0) is 20.1. The molecule has 0 radical (unpaired) electrons. The van der Waals surface area contributed by atoms with E-state index in [0.29, 0.717) is 11.3 Å². The van der Waals surface area contributed by atoms with Gasteiger partial charge in [0.1, 0.15) is 18.0 Å². The molecular weight excluding hydrogens is 373 g/mol. The number of hydrogen-bond donors (Lipinski definition) is 2. The fraction of sp³-hybridized carbons (Fsp3) is 0.105. The first-order valence-corrected chi connectivity index (χ1v) is 8.25. The zero-order valence-corrected chi connectivity index (χ0v) is 14.7. The molecule has 6 nitrogen and oxygen atoms in total. The SMILES string of the molecule is CCOC(=O)c1ccccc1Nc1cc(Nc2ccc(F)c(F)c2F)ncn1. The minimum Gasteiger partial charge on any atom is -0.462 e. The summed E-state index contributed by atoms with van der Waals surface area (Å²) in [6.07, 6.45) is 1.19. The number of esters is 1. The van der Waals surface area contributed by atoms with Crippen LogP contribution in [0.3, 0.4) is 0 Å². The highest BCUT2D eigenvalue weighted by Gasteiger charge is 2.15. The number of aromatic nitrogens is 2. The number of hydrogen-bond acceptors (Lipinski definition) is 6. The van der Waals surface area contributed by atoms with Gasteiger partial charge < -0.3 is 15.4 Å². The van der Waals surface area contributed by atoms with Crippen LogP contribution in [0, 0.1) is 17.5 Å². The van der Waals surface area contributed by atoms with Gasteiger partial charge in [-0.3, -0.25) is 0 Å². The van der Waals surface area contributed by atoms with Crippen molar-refractivity contribution < 1.29 is 22.7 Å². The molecule has 0 fully saturated rings. The second kappa shape index (κ2) is 8.38. The minimum absolute atomic E-state index is 0.135. The van der Waals surface area contributed by atoms with Gasteiger partial charge in [0, 0.05) is 6.07 Å². The third-order valence-corrected chi connectivity index (χ3v) is 3.65. The first-order valence-electron chi connectivity index (χ1n) is 8.25. The number of para-hydroxylation sites is 1. The highest BCUT2D eigenvalue weighted by atomic mass is 19.2. The fourth-order valence-corrected chi connectivity index (χ4v) is 2.37. The van der Waals surface area contributed by atoms with Crippen LogP contribution >= 0.6 is 0 Å². The first kappa shape index (κ1) is 19.2. The molecule has 0 amide bonds. The Bertz CT molecular complexity index is 1010. The average Bonchev–Trinajstić information content (AvgIpc) is 2.69.